The minimum absolute atomic E-state index is 0.0591. The molecule has 1 saturated heterocycles. The second kappa shape index (κ2) is 7.81. The summed E-state index contributed by atoms with van der Waals surface area (Å²) in [5.41, 5.74) is 0.549. The van der Waals surface area contributed by atoms with Crippen molar-refractivity contribution in [2.75, 3.05) is 18.4 Å². The van der Waals surface area contributed by atoms with Gasteiger partial charge >= 0.3 is 0 Å². The van der Waals surface area contributed by atoms with Crippen LogP contribution in [0, 0.1) is 0 Å². The number of carbonyl (C=O) groups excluding carboxylic acids is 2. The zero-order valence-corrected chi connectivity index (χ0v) is 13.5. The number of aliphatic hydroxyl groups is 1. The SMILES string of the molecule is O=C(CCC(=O)N1CCC(O)CC1)Nc1ccc(Cl)c(Cl)c1. The lowest BCUT2D eigenvalue weighted by molar-refractivity contribution is -0.134. The summed E-state index contributed by atoms with van der Waals surface area (Å²) in [6.07, 6.45) is 1.14. The Morgan fingerprint density at radius 2 is 1.86 bits per heavy atom. The fourth-order valence-electron chi connectivity index (χ4n) is 2.29. The second-order valence-corrected chi connectivity index (χ2v) is 6.10. The van der Waals surface area contributed by atoms with Crippen LogP contribution in [0.2, 0.25) is 10.0 Å². The number of likely N-dealkylation sites (tertiary alicyclic amines) is 1. The molecule has 0 bridgehead atoms. The largest absolute Gasteiger partial charge is 0.393 e. The van der Waals surface area contributed by atoms with Crippen LogP contribution < -0.4 is 5.32 Å². The third kappa shape index (κ3) is 4.87. The number of halogens is 2. The number of nitrogens with zero attached hydrogens (tertiary/aromatic N) is 1. The third-order valence-corrected chi connectivity index (χ3v) is 4.33. The average Bonchev–Trinajstić information content (AvgIpc) is 2.49. The van der Waals surface area contributed by atoms with Gasteiger partial charge in [-0.2, -0.15) is 0 Å². The highest BCUT2D eigenvalue weighted by Crippen LogP contribution is 2.25. The maximum atomic E-state index is 12.0. The topological polar surface area (TPSA) is 69.6 Å². The fraction of sp³-hybridized carbons (Fsp3) is 0.467. The van der Waals surface area contributed by atoms with Gasteiger partial charge in [0.15, 0.2) is 0 Å². The molecule has 0 spiro atoms. The molecular weight excluding hydrogens is 327 g/mol. The van der Waals surface area contributed by atoms with Crippen LogP contribution in [0.15, 0.2) is 18.2 Å². The number of aliphatic hydroxyl groups excluding tert-OH is 1. The summed E-state index contributed by atoms with van der Waals surface area (Å²) < 4.78 is 0. The van der Waals surface area contributed by atoms with Crippen LogP contribution in [0.5, 0.6) is 0 Å². The zero-order valence-electron chi connectivity index (χ0n) is 12.0. The second-order valence-electron chi connectivity index (χ2n) is 5.29. The lowest BCUT2D eigenvalue weighted by Gasteiger charge is -2.29. The van der Waals surface area contributed by atoms with Gasteiger partial charge in [-0.1, -0.05) is 23.2 Å². The molecule has 5 nitrogen and oxygen atoms in total. The smallest absolute Gasteiger partial charge is 0.224 e. The van der Waals surface area contributed by atoms with Crippen LogP contribution in [0.25, 0.3) is 0 Å². The van der Waals surface area contributed by atoms with Crippen molar-refractivity contribution < 1.29 is 14.7 Å². The Morgan fingerprint density at radius 3 is 2.50 bits per heavy atom. The van der Waals surface area contributed by atoms with Crippen LogP contribution in [-0.2, 0) is 9.59 Å². The van der Waals surface area contributed by atoms with Crippen molar-refractivity contribution in [2.45, 2.75) is 31.8 Å². The molecule has 1 aromatic carbocycles. The van der Waals surface area contributed by atoms with E-state index in [0.29, 0.717) is 41.7 Å². The lowest BCUT2D eigenvalue weighted by Crippen LogP contribution is -2.40. The van der Waals surface area contributed by atoms with Crippen molar-refractivity contribution in [1.29, 1.82) is 0 Å². The van der Waals surface area contributed by atoms with E-state index in [1.807, 2.05) is 0 Å². The van der Waals surface area contributed by atoms with E-state index in [-0.39, 0.29) is 30.8 Å². The van der Waals surface area contributed by atoms with E-state index in [2.05, 4.69) is 5.32 Å². The number of anilines is 1. The van der Waals surface area contributed by atoms with Gasteiger partial charge in [0, 0.05) is 31.6 Å². The van der Waals surface area contributed by atoms with E-state index in [1.165, 1.54) is 0 Å². The molecule has 0 radical (unpaired) electrons. The van der Waals surface area contributed by atoms with Gasteiger partial charge in [0.2, 0.25) is 11.8 Å². The standard InChI is InChI=1S/C15H18Cl2N2O3/c16-12-2-1-10(9-13(12)17)18-14(21)3-4-15(22)19-7-5-11(20)6-8-19/h1-2,9,11,20H,3-8H2,(H,18,21). The summed E-state index contributed by atoms with van der Waals surface area (Å²) >= 11 is 11.7. The van der Waals surface area contributed by atoms with Crippen molar-refractivity contribution in [3.8, 4) is 0 Å². The van der Waals surface area contributed by atoms with Crippen molar-refractivity contribution in [3.63, 3.8) is 0 Å². The molecule has 120 valence electrons. The van der Waals surface area contributed by atoms with E-state index in [9.17, 15) is 14.7 Å². The molecule has 0 aromatic heterocycles. The van der Waals surface area contributed by atoms with Gasteiger partial charge in [-0.15, -0.1) is 0 Å². The minimum atomic E-state index is -0.318. The summed E-state index contributed by atoms with van der Waals surface area (Å²) in [6.45, 7) is 1.10. The maximum absolute atomic E-state index is 12.0. The molecule has 2 amide bonds. The molecule has 2 rings (SSSR count). The van der Waals surface area contributed by atoms with Gasteiger partial charge < -0.3 is 15.3 Å². The zero-order chi connectivity index (χ0) is 16.1. The van der Waals surface area contributed by atoms with Crippen molar-refractivity contribution in [3.05, 3.63) is 28.2 Å². The first-order chi connectivity index (χ1) is 10.5. The molecule has 1 fully saturated rings. The first kappa shape index (κ1) is 17.1. The number of piperidine rings is 1. The normalized spacial score (nSPS) is 15.7. The molecule has 1 aromatic rings. The number of rotatable bonds is 4. The van der Waals surface area contributed by atoms with Gasteiger partial charge in [0.25, 0.3) is 0 Å². The van der Waals surface area contributed by atoms with Gasteiger partial charge in [0.05, 0.1) is 16.1 Å². The van der Waals surface area contributed by atoms with Gasteiger partial charge in [-0.3, -0.25) is 9.59 Å². The van der Waals surface area contributed by atoms with Crippen molar-refractivity contribution in [2.24, 2.45) is 0 Å². The molecule has 1 aliphatic rings. The number of benzene rings is 1. The Labute approximate surface area is 139 Å². The number of carbonyl (C=O) groups is 2. The Bertz CT molecular complexity index is 558. The molecule has 0 unspecified atom stereocenters. The Morgan fingerprint density at radius 1 is 1.18 bits per heavy atom. The Balaban J connectivity index is 1.77. The highest BCUT2D eigenvalue weighted by molar-refractivity contribution is 6.42. The summed E-state index contributed by atoms with van der Waals surface area (Å²) in [6, 6.07) is 4.82. The predicted molar refractivity (Wildman–Crippen MR) is 86.1 cm³/mol. The summed E-state index contributed by atoms with van der Waals surface area (Å²) in [5.74, 6) is -0.306. The van der Waals surface area contributed by atoms with Gasteiger partial charge in [-0.25, -0.2) is 0 Å². The van der Waals surface area contributed by atoms with E-state index in [0.717, 1.165) is 0 Å². The Hall–Kier alpha value is -1.30. The molecule has 2 N–H and O–H groups in total. The highest BCUT2D eigenvalue weighted by atomic mass is 35.5. The molecule has 1 aliphatic heterocycles. The Kier molecular flexibility index (Phi) is 6.06. The van der Waals surface area contributed by atoms with Crippen molar-refractivity contribution >= 4 is 40.7 Å². The van der Waals surface area contributed by atoms with E-state index < -0.39 is 0 Å². The minimum Gasteiger partial charge on any atom is -0.393 e. The number of amides is 2. The molecular formula is C15H18Cl2N2O3. The average molecular weight is 345 g/mol. The predicted octanol–water partition coefficient (Wildman–Crippen LogP) is 2.70. The van der Waals surface area contributed by atoms with Crippen LogP contribution in [0.1, 0.15) is 25.7 Å². The van der Waals surface area contributed by atoms with Crippen LogP contribution in [-0.4, -0.2) is 41.0 Å². The van der Waals surface area contributed by atoms with Crippen molar-refractivity contribution in [1.82, 2.24) is 4.90 Å². The molecule has 7 heteroatoms. The van der Waals surface area contributed by atoms with Crippen LogP contribution in [0.3, 0.4) is 0 Å². The number of nitrogens with one attached hydrogen (secondary N) is 1. The molecule has 22 heavy (non-hydrogen) atoms. The third-order valence-electron chi connectivity index (χ3n) is 3.59. The first-order valence-corrected chi connectivity index (χ1v) is 7.92. The molecule has 0 saturated carbocycles. The first-order valence-electron chi connectivity index (χ1n) is 7.16. The molecule has 1 heterocycles. The summed E-state index contributed by atoms with van der Waals surface area (Å²) in [7, 11) is 0. The number of hydrogen-bond donors (Lipinski definition) is 2. The molecule has 0 aliphatic carbocycles. The van der Waals surface area contributed by atoms with E-state index >= 15 is 0 Å². The lowest BCUT2D eigenvalue weighted by atomic mass is 10.1. The van der Waals surface area contributed by atoms with Gasteiger partial charge in [-0.05, 0) is 31.0 Å². The van der Waals surface area contributed by atoms with E-state index in [4.69, 9.17) is 23.2 Å². The summed E-state index contributed by atoms with van der Waals surface area (Å²) in [5, 5.41) is 12.9. The monoisotopic (exact) mass is 344 g/mol. The maximum Gasteiger partial charge on any atom is 0.224 e. The fourth-order valence-corrected chi connectivity index (χ4v) is 2.59. The van der Waals surface area contributed by atoms with E-state index in [1.54, 1.807) is 23.1 Å². The summed E-state index contributed by atoms with van der Waals surface area (Å²) in [4.78, 5) is 25.5. The molecule has 0 atom stereocenters. The quantitative estimate of drug-likeness (QED) is 0.882. The highest BCUT2D eigenvalue weighted by Gasteiger charge is 2.21. The van der Waals surface area contributed by atoms with Gasteiger partial charge in [0.1, 0.15) is 0 Å². The van der Waals surface area contributed by atoms with Crippen LogP contribution >= 0.6 is 23.2 Å². The number of hydrogen-bond acceptors (Lipinski definition) is 3. The van der Waals surface area contributed by atoms with Crippen LogP contribution in [0.4, 0.5) is 5.69 Å².